The molecule has 14 heavy (non-hydrogen) atoms. The van der Waals surface area contributed by atoms with E-state index in [0.717, 1.165) is 12.8 Å². The fourth-order valence-electron chi connectivity index (χ4n) is 2.17. The van der Waals surface area contributed by atoms with Gasteiger partial charge >= 0.3 is 6.18 Å². The van der Waals surface area contributed by atoms with Gasteiger partial charge in [-0.3, -0.25) is 0 Å². The van der Waals surface area contributed by atoms with Crippen LogP contribution in [0.25, 0.3) is 0 Å². The van der Waals surface area contributed by atoms with Crippen LogP contribution in [0.1, 0.15) is 39.0 Å². The van der Waals surface area contributed by atoms with Crippen molar-refractivity contribution in [3.63, 3.8) is 0 Å². The van der Waals surface area contributed by atoms with Crippen LogP contribution in [0.2, 0.25) is 0 Å². The van der Waals surface area contributed by atoms with E-state index < -0.39 is 12.7 Å². The molecule has 0 unspecified atom stereocenters. The number of rotatable bonds is 3. The molecule has 0 radical (unpaired) electrons. The van der Waals surface area contributed by atoms with Gasteiger partial charge in [0.15, 0.2) is 6.54 Å². The lowest BCUT2D eigenvalue weighted by Gasteiger charge is -2.26. The Morgan fingerprint density at radius 3 is 2.29 bits per heavy atom. The lowest BCUT2D eigenvalue weighted by Crippen LogP contribution is -2.93. The fourth-order valence-corrected chi connectivity index (χ4v) is 2.17. The molecule has 2 N–H and O–H groups in total. The van der Waals surface area contributed by atoms with Crippen LogP contribution in [0.15, 0.2) is 0 Å². The van der Waals surface area contributed by atoms with Gasteiger partial charge < -0.3 is 5.32 Å². The van der Waals surface area contributed by atoms with Gasteiger partial charge in [0.25, 0.3) is 0 Å². The monoisotopic (exact) mass is 210 g/mol. The lowest BCUT2D eigenvalue weighted by molar-refractivity contribution is -0.711. The predicted molar refractivity (Wildman–Crippen MR) is 48.9 cm³/mol. The molecule has 0 aromatic rings. The number of nitrogens with two attached hydrogens (primary N) is 1. The summed E-state index contributed by atoms with van der Waals surface area (Å²) in [5.74, 6) is 0.492. The highest BCUT2D eigenvalue weighted by molar-refractivity contribution is 4.69. The van der Waals surface area contributed by atoms with Crippen molar-refractivity contribution in [2.24, 2.45) is 5.92 Å². The van der Waals surface area contributed by atoms with E-state index in [1.54, 1.807) is 0 Å². The van der Waals surface area contributed by atoms with Gasteiger partial charge in [-0.2, -0.15) is 13.2 Å². The zero-order valence-electron chi connectivity index (χ0n) is 8.61. The Labute approximate surface area is 83.1 Å². The Hall–Kier alpha value is -0.250. The van der Waals surface area contributed by atoms with Crippen molar-refractivity contribution < 1.29 is 18.5 Å². The van der Waals surface area contributed by atoms with E-state index in [1.165, 1.54) is 24.6 Å². The topological polar surface area (TPSA) is 16.6 Å². The van der Waals surface area contributed by atoms with Crippen molar-refractivity contribution in [1.29, 1.82) is 0 Å². The van der Waals surface area contributed by atoms with Gasteiger partial charge in [-0.05, 0) is 19.8 Å². The second-order valence-electron chi connectivity index (χ2n) is 4.31. The number of quaternary nitrogens is 1. The first kappa shape index (κ1) is 11.8. The molecule has 0 bridgehead atoms. The predicted octanol–water partition coefficient (Wildman–Crippen LogP) is 2.08. The van der Waals surface area contributed by atoms with Crippen molar-refractivity contribution in [2.45, 2.75) is 51.2 Å². The average Bonchev–Trinajstić information content (AvgIpc) is 2.14. The average molecular weight is 210 g/mol. The van der Waals surface area contributed by atoms with Gasteiger partial charge in [0.1, 0.15) is 0 Å². The largest absolute Gasteiger partial charge is 0.438 e. The van der Waals surface area contributed by atoms with Crippen LogP contribution in [0.3, 0.4) is 0 Å². The highest BCUT2D eigenvalue weighted by atomic mass is 19.4. The van der Waals surface area contributed by atoms with E-state index in [4.69, 9.17) is 0 Å². The molecule has 1 saturated carbocycles. The Morgan fingerprint density at radius 1 is 1.21 bits per heavy atom. The summed E-state index contributed by atoms with van der Waals surface area (Å²) in [6, 6.07) is 0.122. The molecule has 84 valence electrons. The Morgan fingerprint density at radius 2 is 1.79 bits per heavy atom. The van der Waals surface area contributed by atoms with Crippen LogP contribution in [-0.2, 0) is 0 Å². The third-order valence-electron chi connectivity index (χ3n) is 3.11. The molecule has 1 aliphatic rings. The minimum absolute atomic E-state index is 0.122. The second-order valence-corrected chi connectivity index (χ2v) is 4.31. The standard InChI is InChI=1S/C10H18F3N/c1-8(14-7-10(11,12)13)9-5-3-2-4-6-9/h8-9,14H,2-7H2,1H3/p+1/t8-/m0/s1. The fraction of sp³-hybridized carbons (Fsp3) is 1.00. The van der Waals surface area contributed by atoms with E-state index >= 15 is 0 Å². The van der Waals surface area contributed by atoms with E-state index in [9.17, 15) is 13.2 Å². The molecule has 1 rings (SSSR count). The molecule has 0 spiro atoms. The van der Waals surface area contributed by atoms with Crippen molar-refractivity contribution >= 4 is 0 Å². The Kier molecular flexibility index (Phi) is 4.23. The van der Waals surface area contributed by atoms with Crippen LogP contribution in [-0.4, -0.2) is 18.8 Å². The quantitative estimate of drug-likeness (QED) is 0.734. The van der Waals surface area contributed by atoms with Crippen LogP contribution in [0, 0.1) is 5.92 Å². The molecule has 4 heteroatoms. The summed E-state index contributed by atoms with van der Waals surface area (Å²) in [5.41, 5.74) is 0. The van der Waals surface area contributed by atoms with E-state index in [2.05, 4.69) is 0 Å². The molecule has 0 amide bonds. The molecule has 0 aromatic carbocycles. The van der Waals surface area contributed by atoms with E-state index in [-0.39, 0.29) is 6.04 Å². The van der Waals surface area contributed by atoms with Gasteiger partial charge in [0.2, 0.25) is 0 Å². The minimum atomic E-state index is -4.02. The van der Waals surface area contributed by atoms with Crippen LogP contribution in [0.4, 0.5) is 13.2 Å². The second kappa shape index (κ2) is 5.01. The normalized spacial score (nSPS) is 22.3. The van der Waals surface area contributed by atoms with Crippen LogP contribution in [0.5, 0.6) is 0 Å². The van der Waals surface area contributed by atoms with Gasteiger partial charge in [-0.1, -0.05) is 19.3 Å². The first-order valence-corrected chi connectivity index (χ1v) is 5.39. The van der Waals surface area contributed by atoms with Crippen LogP contribution < -0.4 is 5.32 Å². The third-order valence-corrected chi connectivity index (χ3v) is 3.11. The molecule has 1 atom stereocenters. The smallest absolute Gasteiger partial charge is 0.336 e. The summed E-state index contributed by atoms with van der Waals surface area (Å²) in [4.78, 5) is 0. The number of halogens is 3. The molecule has 0 heterocycles. The summed E-state index contributed by atoms with van der Waals surface area (Å²) in [6.07, 6.45) is 1.82. The van der Waals surface area contributed by atoms with E-state index in [0.29, 0.717) is 5.92 Å². The maximum absolute atomic E-state index is 12.0. The zero-order chi connectivity index (χ0) is 10.6. The highest BCUT2D eigenvalue weighted by Crippen LogP contribution is 2.25. The van der Waals surface area contributed by atoms with Crippen LogP contribution >= 0.6 is 0 Å². The molecule has 1 aliphatic carbocycles. The lowest BCUT2D eigenvalue weighted by atomic mass is 9.84. The molecular formula is C10H19F3N+. The maximum atomic E-state index is 12.0. The Bertz CT molecular complexity index is 161. The molecule has 0 saturated heterocycles. The van der Waals surface area contributed by atoms with Gasteiger partial charge in [-0.15, -0.1) is 0 Å². The summed E-state index contributed by atoms with van der Waals surface area (Å²) < 4.78 is 35.9. The van der Waals surface area contributed by atoms with Crippen molar-refractivity contribution in [2.75, 3.05) is 6.54 Å². The molecular weight excluding hydrogens is 191 g/mol. The Balaban J connectivity index is 2.23. The van der Waals surface area contributed by atoms with Crippen molar-refractivity contribution in [1.82, 2.24) is 0 Å². The number of hydrogen-bond acceptors (Lipinski definition) is 0. The summed E-state index contributed by atoms with van der Waals surface area (Å²) in [7, 11) is 0. The van der Waals surface area contributed by atoms with E-state index in [1.807, 2.05) is 6.92 Å². The van der Waals surface area contributed by atoms with Gasteiger partial charge in [-0.25, -0.2) is 0 Å². The molecule has 1 fully saturated rings. The SMILES string of the molecule is C[C@H]([NH2+]CC(F)(F)F)C1CCCCC1. The number of alkyl halides is 3. The summed E-state index contributed by atoms with van der Waals surface area (Å²) in [6.45, 7) is 1.19. The first-order chi connectivity index (χ1) is 6.49. The highest BCUT2D eigenvalue weighted by Gasteiger charge is 2.32. The summed E-state index contributed by atoms with van der Waals surface area (Å²) >= 11 is 0. The van der Waals surface area contributed by atoms with Gasteiger partial charge in [0.05, 0.1) is 6.04 Å². The van der Waals surface area contributed by atoms with Crippen molar-refractivity contribution in [3.05, 3.63) is 0 Å². The minimum Gasteiger partial charge on any atom is -0.336 e. The molecule has 0 aromatic heterocycles. The zero-order valence-corrected chi connectivity index (χ0v) is 8.61. The third kappa shape index (κ3) is 4.31. The van der Waals surface area contributed by atoms with Crippen molar-refractivity contribution in [3.8, 4) is 0 Å². The number of hydrogen-bond donors (Lipinski definition) is 1. The van der Waals surface area contributed by atoms with Gasteiger partial charge in [0, 0.05) is 5.92 Å². The maximum Gasteiger partial charge on any atom is 0.438 e. The molecule has 1 nitrogen and oxygen atoms in total. The molecule has 0 aliphatic heterocycles. The first-order valence-electron chi connectivity index (χ1n) is 5.39. The summed E-state index contributed by atoms with van der Waals surface area (Å²) in [5, 5.41) is 1.44.